The van der Waals surface area contributed by atoms with Gasteiger partial charge in [0.2, 0.25) is 0 Å². The van der Waals surface area contributed by atoms with E-state index in [4.69, 9.17) is 5.73 Å². The second-order valence-electron chi connectivity index (χ2n) is 5.11. The molecule has 3 rings (SSSR count). The summed E-state index contributed by atoms with van der Waals surface area (Å²) in [5, 5.41) is 1.18. The fourth-order valence-corrected chi connectivity index (χ4v) is 2.49. The fourth-order valence-electron chi connectivity index (χ4n) is 2.49. The normalized spacial score (nSPS) is 11.2. The highest BCUT2D eigenvalue weighted by Gasteiger charge is 2.05. The van der Waals surface area contributed by atoms with Gasteiger partial charge in [-0.25, -0.2) is 4.39 Å². The second kappa shape index (κ2) is 5.10. The molecular formula is C17H17FN2. The summed E-state index contributed by atoms with van der Waals surface area (Å²) in [6.45, 7) is 3.20. The zero-order valence-electron chi connectivity index (χ0n) is 11.4. The third kappa shape index (κ3) is 2.32. The largest absolute Gasteiger partial charge is 0.343 e. The molecule has 20 heavy (non-hydrogen) atoms. The molecule has 1 aromatic heterocycles. The maximum absolute atomic E-state index is 13.4. The molecule has 0 unspecified atom stereocenters. The van der Waals surface area contributed by atoms with Gasteiger partial charge in [-0.05, 0) is 53.3 Å². The zero-order valence-corrected chi connectivity index (χ0v) is 11.4. The van der Waals surface area contributed by atoms with Crippen molar-refractivity contribution in [3.05, 3.63) is 71.2 Å². The van der Waals surface area contributed by atoms with Crippen LogP contribution in [0.15, 0.2) is 48.7 Å². The predicted octanol–water partition coefficient (Wildman–Crippen LogP) is 3.60. The molecule has 0 saturated heterocycles. The summed E-state index contributed by atoms with van der Waals surface area (Å²) in [5.41, 5.74) is 10.0. The van der Waals surface area contributed by atoms with Gasteiger partial charge in [0.25, 0.3) is 0 Å². The zero-order chi connectivity index (χ0) is 14.1. The Labute approximate surface area is 117 Å². The number of nitrogens with zero attached hydrogens (tertiary/aromatic N) is 1. The summed E-state index contributed by atoms with van der Waals surface area (Å²) in [5.74, 6) is -0.190. The molecule has 0 aliphatic carbocycles. The van der Waals surface area contributed by atoms with Crippen LogP contribution < -0.4 is 5.73 Å². The second-order valence-corrected chi connectivity index (χ2v) is 5.11. The van der Waals surface area contributed by atoms with Crippen LogP contribution in [0.25, 0.3) is 10.9 Å². The van der Waals surface area contributed by atoms with Crippen LogP contribution in [-0.2, 0) is 13.1 Å². The van der Waals surface area contributed by atoms with Gasteiger partial charge in [0.05, 0.1) is 0 Å². The highest BCUT2D eigenvalue weighted by Crippen LogP contribution is 2.20. The Bertz CT molecular complexity index is 759. The Balaban J connectivity index is 2.04. The van der Waals surface area contributed by atoms with Gasteiger partial charge in [-0.1, -0.05) is 18.2 Å². The van der Waals surface area contributed by atoms with Crippen LogP contribution in [0.2, 0.25) is 0 Å². The number of halogens is 1. The van der Waals surface area contributed by atoms with Crippen molar-refractivity contribution < 1.29 is 4.39 Å². The van der Waals surface area contributed by atoms with Crippen LogP contribution in [0.3, 0.4) is 0 Å². The van der Waals surface area contributed by atoms with Crippen LogP contribution in [0.5, 0.6) is 0 Å². The highest BCUT2D eigenvalue weighted by atomic mass is 19.1. The number of nitrogens with two attached hydrogens (primary N) is 1. The lowest BCUT2D eigenvalue weighted by Gasteiger charge is -2.09. The first-order valence-electron chi connectivity index (χ1n) is 6.70. The summed E-state index contributed by atoms with van der Waals surface area (Å²) in [6, 6.07) is 13.2. The van der Waals surface area contributed by atoms with Crippen LogP contribution >= 0.6 is 0 Å². The van der Waals surface area contributed by atoms with E-state index in [2.05, 4.69) is 22.8 Å². The van der Waals surface area contributed by atoms with E-state index in [1.165, 1.54) is 11.5 Å². The lowest BCUT2D eigenvalue weighted by Crippen LogP contribution is -2.02. The molecule has 2 aromatic carbocycles. The minimum Gasteiger partial charge on any atom is -0.343 e. The minimum atomic E-state index is -0.190. The minimum absolute atomic E-state index is 0.190. The topological polar surface area (TPSA) is 30.9 Å². The van der Waals surface area contributed by atoms with Gasteiger partial charge < -0.3 is 10.3 Å². The van der Waals surface area contributed by atoms with E-state index in [0.717, 1.165) is 22.2 Å². The maximum atomic E-state index is 13.4. The lowest BCUT2D eigenvalue weighted by atomic mass is 10.1. The standard InChI is InChI=1S/C17H17FN2/c1-12-2-5-16(18)9-15(12)11-20-7-6-14-4-3-13(10-19)8-17(14)20/h2-9H,10-11,19H2,1H3. The lowest BCUT2D eigenvalue weighted by molar-refractivity contribution is 0.623. The Morgan fingerprint density at radius 3 is 2.75 bits per heavy atom. The molecule has 102 valence electrons. The van der Waals surface area contributed by atoms with Crippen molar-refractivity contribution in [3.8, 4) is 0 Å². The molecule has 0 spiro atoms. The van der Waals surface area contributed by atoms with Gasteiger partial charge in [0.15, 0.2) is 0 Å². The van der Waals surface area contributed by atoms with Crippen molar-refractivity contribution in [1.29, 1.82) is 0 Å². The Morgan fingerprint density at radius 1 is 1.10 bits per heavy atom. The van der Waals surface area contributed by atoms with Gasteiger partial charge in [-0.3, -0.25) is 0 Å². The predicted molar refractivity (Wildman–Crippen MR) is 80.1 cm³/mol. The molecule has 1 heterocycles. The first-order chi connectivity index (χ1) is 9.67. The molecule has 0 radical (unpaired) electrons. The molecule has 3 aromatic rings. The van der Waals surface area contributed by atoms with E-state index in [1.807, 2.05) is 25.3 Å². The molecule has 3 heteroatoms. The fraction of sp³-hybridized carbons (Fsp3) is 0.176. The van der Waals surface area contributed by atoms with E-state index in [9.17, 15) is 4.39 Å². The summed E-state index contributed by atoms with van der Waals surface area (Å²) >= 11 is 0. The van der Waals surface area contributed by atoms with Crippen molar-refractivity contribution in [2.24, 2.45) is 5.73 Å². The molecule has 0 fully saturated rings. The summed E-state index contributed by atoms with van der Waals surface area (Å²) < 4.78 is 15.5. The molecule has 2 nitrogen and oxygen atoms in total. The Kier molecular flexibility index (Phi) is 3.28. The van der Waals surface area contributed by atoms with Crippen molar-refractivity contribution in [2.75, 3.05) is 0 Å². The quantitative estimate of drug-likeness (QED) is 0.773. The molecule has 2 N–H and O–H groups in total. The third-order valence-corrected chi connectivity index (χ3v) is 3.73. The average Bonchev–Trinajstić information content (AvgIpc) is 2.85. The molecule has 0 aliphatic rings. The third-order valence-electron chi connectivity index (χ3n) is 3.73. The van der Waals surface area contributed by atoms with Crippen LogP contribution in [0, 0.1) is 12.7 Å². The van der Waals surface area contributed by atoms with Crippen LogP contribution in [0.4, 0.5) is 4.39 Å². The Hall–Kier alpha value is -2.13. The molecule has 0 atom stereocenters. The number of aromatic nitrogens is 1. The van der Waals surface area contributed by atoms with E-state index >= 15 is 0 Å². The van der Waals surface area contributed by atoms with Crippen molar-refractivity contribution >= 4 is 10.9 Å². The highest BCUT2D eigenvalue weighted by molar-refractivity contribution is 5.81. The molecular weight excluding hydrogens is 251 g/mol. The van der Waals surface area contributed by atoms with E-state index in [-0.39, 0.29) is 5.82 Å². The van der Waals surface area contributed by atoms with E-state index < -0.39 is 0 Å². The van der Waals surface area contributed by atoms with Crippen molar-refractivity contribution in [1.82, 2.24) is 4.57 Å². The number of aryl methyl sites for hydroxylation is 1. The van der Waals surface area contributed by atoms with Crippen LogP contribution in [-0.4, -0.2) is 4.57 Å². The average molecular weight is 268 g/mol. The first-order valence-corrected chi connectivity index (χ1v) is 6.70. The number of rotatable bonds is 3. The van der Waals surface area contributed by atoms with Gasteiger partial charge in [0.1, 0.15) is 5.82 Å². The number of benzene rings is 2. The van der Waals surface area contributed by atoms with Gasteiger partial charge in [-0.15, -0.1) is 0 Å². The molecule has 0 amide bonds. The van der Waals surface area contributed by atoms with Crippen molar-refractivity contribution in [3.63, 3.8) is 0 Å². The summed E-state index contributed by atoms with van der Waals surface area (Å²) in [6.07, 6.45) is 2.04. The van der Waals surface area contributed by atoms with Crippen molar-refractivity contribution in [2.45, 2.75) is 20.0 Å². The molecule has 0 aliphatic heterocycles. The van der Waals surface area contributed by atoms with Crippen LogP contribution in [0.1, 0.15) is 16.7 Å². The van der Waals surface area contributed by atoms with E-state index in [0.29, 0.717) is 13.1 Å². The molecule has 0 bridgehead atoms. The summed E-state index contributed by atoms with van der Waals surface area (Å²) in [7, 11) is 0. The SMILES string of the molecule is Cc1ccc(F)cc1Cn1ccc2ccc(CN)cc21. The van der Waals surface area contributed by atoms with Gasteiger partial charge >= 0.3 is 0 Å². The first kappa shape index (κ1) is 12.9. The monoisotopic (exact) mass is 268 g/mol. The van der Waals surface area contributed by atoms with E-state index in [1.54, 1.807) is 6.07 Å². The van der Waals surface area contributed by atoms with Gasteiger partial charge in [-0.2, -0.15) is 0 Å². The summed E-state index contributed by atoms with van der Waals surface area (Å²) in [4.78, 5) is 0. The number of hydrogen-bond donors (Lipinski definition) is 1. The smallest absolute Gasteiger partial charge is 0.123 e. The maximum Gasteiger partial charge on any atom is 0.123 e. The van der Waals surface area contributed by atoms with Gasteiger partial charge in [0, 0.05) is 24.8 Å². The number of fused-ring (bicyclic) bond motifs is 1. The molecule has 0 saturated carbocycles. The number of hydrogen-bond acceptors (Lipinski definition) is 1. The Morgan fingerprint density at radius 2 is 1.95 bits per heavy atom.